The molecular weight excluding hydrogens is 468 g/mol. The molecule has 1 aliphatic carbocycles. The van der Waals surface area contributed by atoms with Gasteiger partial charge in [0, 0.05) is 29.5 Å². The van der Waals surface area contributed by atoms with E-state index in [0.717, 1.165) is 47.2 Å². The normalized spacial score (nSPS) is 15.3. The van der Waals surface area contributed by atoms with Crippen LogP contribution in [-0.2, 0) is 24.2 Å². The first-order valence-electron chi connectivity index (χ1n) is 12.5. The topological polar surface area (TPSA) is 83.1 Å². The number of pyridine rings is 1. The Labute approximate surface area is 217 Å². The van der Waals surface area contributed by atoms with Crippen LogP contribution in [0.25, 0.3) is 0 Å². The predicted molar refractivity (Wildman–Crippen MR) is 148 cm³/mol. The summed E-state index contributed by atoms with van der Waals surface area (Å²) >= 11 is 1.55. The van der Waals surface area contributed by atoms with Crippen molar-refractivity contribution in [1.29, 1.82) is 0 Å². The Morgan fingerprint density at radius 2 is 1.94 bits per heavy atom. The molecule has 0 bridgehead atoms. The zero-order valence-electron chi connectivity index (χ0n) is 21.8. The van der Waals surface area contributed by atoms with Crippen LogP contribution in [0.5, 0.6) is 0 Å². The number of hydrogen-bond acceptors (Lipinski definition) is 5. The van der Waals surface area contributed by atoms with Crippen molar-refractivity contribution >= 4 is 33.8 Å². The van der Waals surface area contributed by atoms with Gasteiger partial charge in [0.1, 0.15) is 5.00 Å². The van der Waals surface area contributed by atoms with Crippen molar-refractivity contribution in [2.24, 2.45) is 11.3 Å². The quantitative estimate of drug-likeness (QED) is 0.375. The number of rotatable bonds is 7. The van der Waals surface area contributed by atoms with Gasteiger partial charge >= 0.3 is 0 Å². The van der Waals surface area contributed by atoms with Crippen LogP contribution in [0, 0.1) is 25.2 Å². The van der Waals surface area contributed by atoms with E-state index in [1.165, 1.54) is 4.88 Å². The Hall–Kier alpha value is -3.03. The van der Waals surface area contributed by atoms with Crippen molar-refractivity contribution < 1.29 is 9.59 Å². The fourth-order valence-corrected chi connectivity index (χ4v) is 6.13. The van der Waals surface area contributed by atoms with Crippen molar-refractivity contribution in [3.05, 3.63) is 75.4 Å². The number of nitrogens with zero attached hydrogens (tertiary/aromatic N) is 1. The van der Waals surface area contributed by atoms with Gasteiger partial charge in [-0.05, 0) is 73.3 Å². The van der Waals surface area contributed by atoms with Crippen LogP contribution < -0.4 is 16.0 Å². The highest BCUT2D eigenvalue weighted by Gasteiger charge is 2.34. The molecule has 6 nitrogen and oxygen atoms in total. The molecule has 1 aliphatic rings. The fraction of sp³-hybridized carbons (Fsp3) is 0.414. The molecular formula is C29H36N4O2S. The van der Waals surface area contributed by atoms with Crippen LogP contribution in [0.4, 0.5) is 10.7 Å². The van der Waals surface area contributed by atoms with E-state index in [0.29, 0.717) is 23.0 Å². The van der Waals surface area contributed by atoms with Crippen LogP contribution in [0.2, 0.25) is 0 Å². The van der Waals surface area contributed by atoms with Gasteiger partial charge < -0.3 is 16.0 Å². The van der Waals surface area contributed by atoms with E-state index >= 15 is 0 Å². The smallest absolute Gasteiger partial charge is 0.258 e. The van der Waals surface area contributed by atoms with Crippen molar-refractivity contribution in [1.82, 2.24) is 10.3 Å². The van der Waals surface area contributed by atoms with Gasteiger partial charge in [-0.1, -0.05) is 44.5 Å². The number of hydrogen-bond donors (Lipinski definition) is 3. The summed E-state index contributed by atoms with van der Waals surface area (Å²) < 4.78 is 0. The molecule has 2 aromatic heterocycles. The molecule has 2 amide bonds. The van der Waals surface area contributed by atoms with Crippen LogP contribution in [0.1, 0.15) is 64.7 Å². The SMILES string of the molecule is Cc1ccc(NC(=O)c2c(NC(=O)CNCc3cccnc3)sc3c2CCC(C(C)(C)C)C3)c(C)c1. The Bertz CT molecular complexity index is 1240. The molecule has 0 saturated carbocycles. The molecule has 36 heavy (non-hydrogen) atoms. The summed E-state index contributed by atoms with van der Waals surface area (Å²) in [6.45, 7) is 11.6. The number of anilines is 2. The number of carbonyl (C=O) groups excluding carboxylic acids is 2. The minimum absolute atomic E-state index is 0.153. The summed E-state index contributed by atoms with van der Waals surface area (Å²) in [7, 11) is 0. The van der Waals surface area contributed by atoms with E-state index in [2.05, 4.69) is 47.8 Å². The third kappa shape index (κ3) is 6.20. The van der Waals surface area contributed by atoms with Crippen LogP contribution in [0.3, 0.4) is 0 Å². The molecule has 190 valence electrons. The standard InChI is InChI=1S/C29H36N4O2S/c1-18-8-11-23(19(2)13-18)32-27(35)26-22-10-9-21(29(3,4)5)14-24(22)36-28(26)33-25(34)17-31-16-20-7-6-12-30-15-20/h6-8,11-13,15,21,31H,9-10,14,16-17H2,1-5H3,(H,32,35)(H,33,34). The van der Waals surface area contributed by atoms with Gasteiger partial charge in [-0.25, -0.2) is 0 Å². The van der Waals surface area contributed by atoms with Gasteiger partial charge in [0.2, 0.25) is 5.91 Å². The lowest BCUT2D eigenvalue weighted by atomic mass is 9.72. The average Bonchev–Trinajstić information content (AvgIpc) is 3.18. The number of nitrogens with one attached hydrogen (secondary N) is 3. The molecule has 3 N–H and O–H groups in total. The molecule has 0 fully saturated rings. The van der Waals surface area contributed by atoms with Crippen LogP contribution >= 0.6 is 11.3 Å². The van der Waals surface area contributed by atoms with Crippen molar-refractivity contribution in [3.63, 3.8) is 0 Å². The molecule has 1 atom stereocenters. The minimum Gasteiger partial charge on any atom is -0.322 e. The Morgan fingerprint density at radius 3 is 2.64 bits per heavy atom. The van der Waals surface area contributed by atoms with E-state index < -0.39 is 0 Å². The maximum Gasteiger partial charge on any atom is 0.258 e. The largest absolute Gasteiger partial charge is 0.322 e. The van der Waals surface area contributed by atoms with Crippen molar-refractivity contribution in [2.45, 2.75) is 60.4 Å². The Morgan fingerprint density at radius 1 is 1.14 bits per heavy atom. The summed E-state index contributed by atoms with van der Waals surface area (Å²) in [4.78, 5) is 31.8. The highest BCUT2D eigenvalue weighted by molar-refractivity contribution is 7.17. The zero-order chi connectivity index (χ0) is 25.9. The van der Waals surface area contributed by atoms with Gasteiger partial charge in [0.25, 0.3) is 5.91 Å². The fourth-order valence-electron chi connectivity index (χ4n) is 4.79. The number of amides is 2. The van der Waals surface area contributed by atoms with E-state index in [4.69, 9.17) is 0 Å². The summed E-state index contributed by atoms with van der Waals surface area (Å²) in [5.41, 5.74) is 5.87. The van der Waals surface area contributed by atoms with E-state index in [1.807, 2.05) is 38.1 Å². The number of aryl methyl sites for hydroxylation is 2. The van der Waals surface area contributed by atoms with Crippen molar-refractivity contribution in [3.8, 4) is 0 Å². The zero-order valence-corrected chi connectivity index (χ0v) is 22.6. The minimum atomic E-state index is -0.162. The maximum atomic E-state index is 13.6. The maximum absolute atomic E-state index is 13.6. The molecule has 0 radical (unpaired) electrons. The van der Waals surface area contributed by atoms with Gasteiger partial charge in [-0.2, -0.15) is 0 Å². The second kappa shape index (κ2) is 10.9. The molecule has 0 saturated heterocycles. The number of thiophene rings is 1. The van der Waals surface area contributed by atoms with E-state index in [9.17, 15) is 9.59 Å². The number of aromatic nitrogens is 1. The summed E-state index contributed by atoms with van der Waals surface area (Å²) in [5.74, 6) is 0.223. The summed E-state index contributed by atoms with van der Waals surface area (Å²) in [6.07, 6.45) is 6.32. The second-order valence-corrected chi connectivity index (χ2v) is 11.9. The molecule has 2 heterocycles. The van der Waals surface area contributed by atoms with E-state index in [-0.39, 0.29) is 23.8 Å². The predicted octanol–water partition coefficient (Wildman–Crippen LogP) is 5.89. The third-order valence-corrected chi connectivity index (χ3v) is 8.11. The molecule has 1 aromatic carbocycles. The van der Waals surface area contributed by atoms with Gasteiger partial charge in [0.05, 0.1) is 12.1 Å². The highest BCUT2D eigenvalue weighted by atomic mass is 32.1. The van der Waals surface area contributed by atoms with Gasteiger partial charge in [-0.15, -0.1) is 11.3 Å². The lowest BCUT2D eigenvalue weighted by molar-refractivity contribution is -0.115. The van der Waals surface area contributed by atoms with Crippen LogP contribution in [0.15, 0.2) is 42.7 Å². The number of benzene rings is 1. The number of fused-ring (bicyclic) bond motifs is 1. The van der Waals surface area contributed by atoms with E-state index in [1.54, 1.807) is 23.7 Å². The second-order valence-electron chi connectivity index (χ2n) is 10.8. The van der Waals surface area contributed by atoms with Crippen LogP contribution in [-0.4, -0.2) is 23.3 Å². The lowest BCUT2D eigenvalue weighted by Crippen LogP contribution is -2.28. The van der Waals surface area contributed by atoms with Gasteiger partial charge in [-0.3, -0.25) is 14.6 Å². The Kier molecular flexibility index (Phi) is 7.91. The Balaban J connectivity index is 1.55. The molecule has 0 aliphatic heterocycles. The van der Waals surface area contributed by atoms with Crippen molar-refractivity contribution in [2.75, 3.05) is 17.2 Å². The summed E-state index contributed by atoms with van der Waals surface area (Å²) in [6, 6.07) is 9.84. The van der Waals surface area contributed by atoms with Gasteiger partial charge in [0.15, 0.2) is 0 Å². The summed E-state index contributed by atoms with van der Waals surface area (Å²) in [5, 5.41) is 9.95. The lowest BCUT2D eigenvalue weighted by Gasteiger charge is -2.33. The molecule has 0 spiro atoms. The third-order valence-electron chi connectivity index (χ3n) is 6.94. The average molecular weight is 505 g/mol. The number of carbonyl (C=O) groups is 2. The first kappa shape index (κ1) is 26.0. The highest BCUT2D eigenvalue weighted by Crippen LogP contribution is 2.44. The first-order valence-corrected chi connectivity index (χ1v) is 13.4. The monoisotopic (exact) mass is 504 g/mol. The molecule has 4 rings (SSSR count). The molecule has 1 unspecified atom stereocenters. The molecule has 7 heteroatoms. The molecule has 3 aromatic rings. The first-order chi connectivity index (χ1) is 17.1.